The van der Waals surface area contributed by atoms with E-state index < -0.39 is 0 Å². The zero-order valence-electron chi connectivity index (χ0n) is 16.0. The van der Waals surface area contributed by atoms with Crippen LogP contribution in [0.2, 0.25) is 0 Å². The third-order valence-corrected chi connectivity index (χ3v) is 4.30. The molecule has 0 unspecified atom stereocenters. The molecule has 0 aliphatic heterocycles. The van der Waals surface area contributed by atoms with E-state index in [2.05, 4.69) is 34.1 Å². The molecule has 5 heteroatoms. The van der Waals surface area contributed by atoms with Crippen molar-refractivity contribution in [3.63, 3.8) is 0 Å². The number of carbonyl (C=O) groups is 2. The summed E-state index contributed by atoms with van der Waals surface area (Å²) in [6, 6.07) is 13.2. The van der Waals surface area contributed by atoms with Crippen LogP contribution in [0.1, 0.15) is 55.1 Å². The molecule has 2 aromatic carbocycles. The van der Waals surface area contributed by atoms with Gasteiger partial charge in [-0.1, -0.05) is 35.9 Å². The molecule has 0 saturated carbocycles. The average molecular weight is 353 g/mol. The molecule has 2 atom stereocenters. The molecular formula is C21H27N3O2. The van der Waals surface area contributed by atoms with Crippen molar-refractivity contribution in [3.8, 4) is 0 Å². The lowest BCUT2D eigenvalue weighted by Gasteiger charge is -2.20. The van der Waals surface area contributed by atoms with Gasteiger partial charge in [-0.2, -0.15) is 0 Å². The summed E-state index contributed by atoms with van der Waals surface area (Å²) in [7, 11) is 0. The zero-order valence-corrected chi connectivity index (χ0v) is 16.0. The largest absolute Gasteiger partial charge is 0.332 e. The Morgan fingerprint density at radius 3 is 2.31 bits per heavy atom. The van der Waals surface area contributed by atoms with Crippen LogP contribution in [0.4, 0.5) is 10.5 Å². The molecule has 3 amide bonds. The van der Waals surface area contributed by atoms with E-state index in [9.17, 15) is 9.59 Å². The van der Waals surface area contributed by atoms with E-state index in [1.165, 1.54) is 12.5 Å². The van der Waals surface area contributed by atoms with E-state index in [1.54, 1.807) is 0 Å². The second kappa shape index (κ2) is 8.52. The van der Waals surface area contributed by atoms with Gasteiger partial charge >= 0.3 is 6.03 Å². The summed E-state index contributed by atoms with van der Waals surface area (Å²) in [6.07, 6.45) is 0. The van der Waals surface area contributed by atoms with Crippen molar-refractivity contribution >= 4 is 17.6 Å². The minimum absolute atomic E-state index is 0.0900. The van der Waals surface area contributed by atoms with Crippen molar-refractivity contribution in [2.45, 2.75) is 46.7 Å². The van der Waals surface area contributed by atoms with E-state index in [0.29, 0.717) is 5.69 Å². The highest BCUT2D eigenvalue weighted by molar-refractivity contribution is 5.88. The fourth-order valence-electron chi connectivity index (χ4n) is 2.91. The number of aryl methyl sites for hydroxylation is 2. The molecule has 0 aliphatic rings. The SMILES string of the molecule is CC(=O)Nc1cccc([C@H](C)NC(=O)N[C@@H](C)c2cc(C)ccc2C)c1. The van der Waals surface area contributed by atoms with E-state index in [-0.39, 0.29) is 24.0 Å². The van der Waals surface area contributed by atoms with Crippen LogP contribution in [-0.4, -0.2) is 11.9 Å². The van der Waals surface area contributed by atoms with Gasteiger partial charge in [-0.25, -0.2) is 4.79 Å². The number of benzene rings is 2. The normalized spacial score (nSPS) is 12.8. The van der Waals surface area contributed by atoms with Crippen molar-refractivity contribution in [2.24, 2.45) is 0 Å². The van der Waals surface area contributed by atoms with Crippen LogP contribution in [0.15, 0.2) is 42.5 Å². The molecule has 0 bridgehead atoms. The highest BCUT2D eigenvalue weighted by atomic mass is 16.2. The predicted molar refractivity (Wildman–Crippen MR) is 105 cm³/mol. The van der Waals surface area contributed by atoms with Crippen LogP contribution in [0, 0.1) is 13.8 Å². The third-order valence-electron chi connectivity index (χ3n) is 4.30. The van der Waals surface area contributed by atoms with Gasteiger partial charge in [-0.15, -0.1) is 0 Å². The highest BCUT2D eigenvalue weighted by Crippen LogP contribution is 2.20. The number of rotatable bonds is 5. The maximum absolute atomic E-state index is 12.4. The van der Waals surface area contributed by atoms with Gasteiger partial charge in [0.1, 0.15) is 0 Å². The minimum Gasteiger partial charge on any atom is -0.332 e. The number of urea groups is 1. The van der Waals surface area contributed by atoms with Gasteiger partial charge in [0.15, 0.2) is 0 Å². The van der Waals surface area contributed by atoms with E-state index in [0.717, 1.165) is 16.7 Å². The van der Waals surface area contributed by atoms with Gasteiger partial charge in [0.25, 0.3) is 0 Å². The molecule has 0 saturated heterocycles. The first-order valence-corrected chi connectivity index (χ1v) is 8.78. The van der Waals surface area contributed by atoms with Crippen LogP contribution in [0.25, 0.3) is 0 Å². The first kappa shape index (κ1) is 19.5. The van der Waals surface area contributed by atoms with E-state index in [1.807, 2.05) is 52.0 Å². The Kier molecular flexibility index (Phi) is 6.39. The summed E-state index contributed by atoms with van der Waals surface area (Å²) >= 11 is 0. The summed E-state index contributed by atoms with van der Waals surface area (Å²) < 4.78 is 0. The van der Waals surface area contributed by atoms with Crippen molar-refractivity contribution in [1.82, 2.24) is 10.6 Å². The van der Waals surface area contributed by atoms with Crippen molar-refractivity contribution in [2.75, 3.05) is 5.32 Å². The van der Waals surface area contributed by atoms with Crippen molar-refractivity contribution in [1.29, 1.82) is 0 Å². The Bertz CT molecular complexity index is 802. The van der Waals surface area contributed by atoms with Crippen LogP contribution in [0.3, 0.4) is 0 Å². The van der Waals surface area contributed by atoms with E-state index in [4.69, 9.17) is 0 Å². The zero-order chi connectivity index (χ0) is 19.3. The monoisotopic (exact) mass is 353 g/mol. The van der Waals surface area contributed by atoms with Gasteiger partial charge in [0.2, 0.25) is 5.91 Å². The first-order valence-electron chi connectivity index (χ1n) is 8.78. The fraction of sp³-hybridized carbons (Fsp3) is 0.333. The summed E-state index contributed by atoms with van der Waals surface area (Å²) in [4.78, 5) is 23.6. The summed E-state index contributed by atoms with van der Waals surface area (Å²) in [5, 5.41) is 8.69. The molecule has 138 valence electrons. The Morgan fingerprint density at radius 1 is 0.923 bits per heavy atom. The second-order valence-electron chi connectivity index (χ2n) is 6.73. The summed E-state index contributed by atoms with van der Waals surface area (Å²) in [5.74, 6) is -0.122. The molecule has 3 N–H and O–H groups in total. The molecular weight excluding hydrogens is 326 g/mol. The average Bonchev–Trinajstić information content (AvgIpc) is 2.56. The molecule has 2 rings (SSSR count). The van der Waals surface area contributed by atoms with Gasteiger partial charge in [-0.05, 0) is 56.5 Å². The standard InChI is InChI=1S/C21H27N3O2/c1-13-9-10-14(2)20(11-13)16(4)23-21(26)22-15(3)18-7-6-8-19(12-18)24-17(5)25/h6-12,15-16H,1-5H3,(H,24,25)(H2,22,23,26)/t15-,16-/m0/s1. The van der Waals surface area contributed by atoms with E-state index >= 15 is 0 Å². The van der Waals surface area contributed by atoms with Gasteiger partial charge in [0, 0.05) is 12.6 Å². The Morgan fingerprint density at radius 2 is 1.62 bits per heavy atom. The van der Waals surface area contributed by atoms with Gasteiger partial charge < -0.3 is 16.0 Å². The topological polar surface area (TPSA) is 70.2 Å². The van der Waals surface area contributed by atoms with Crippen LogP contribution in [-0.2, 0) is 4.79 Å². The van der Waals surface area contributed by atoms with Crippen molar-refractivity contribution in [3.05, 3.63) is 64.7 Å². The predicted octanol–water partition coefficient (Wildman–Crippen LogP) is 4.38. The molecule has 0 spiro atoms. The number of carbonyl (C=O) groups excluding carboxylic acids is 2. The lowest BCUT2D eigenvalue weighted by Crippen LogP contribution is -2.38. The maximum atomic E-state index is 12.4. The van der Waals surface area contributed by atoms with Crippen molar-refractivity contribution < 1.29 is 9.59 Å². The number of hydrogen-bond acceptors (Lipinski definition) is 2. The number of amides is 3. The lowest BCUT2D eigenvalue weighted by molar-refractivity contribution is -0.114. The van der Waals surface area contributed by atoms with Crippen LogP contribution in [0.5, 0.6) is 0 Å². The maximum Gasteiger partial charge on any atom is 0.315 e. The van der Waals surface area contributed by atoms with Crippen LogP contribution >= 0.6 is 0 Å². The number of nitrogens with one attached hydrogen (secondary N) is 3. The summed E-state index contributed by atoms with van der Waals surface area (Å²) in [6.45, 7) is 9.44. The first-order chi connectivity index (χ1) is 12.3. The quantitative estimate of drug-likeness (QED) is 0.746. The van der Waals surface area contributed by atoms with Gasteiger partial charge in [-0.3, -0.25) is 4.79 Å². The molecule has 5 nitrogen and oxygen atoms in total. The summed E-state index contributed by atoms with van der Waals surface area (Å²) in [5.41, 5.74) is 5.07. The Labute approximate surface area is 155 Å². The molecule has 26 heavy (non-hydrogen) atoms. The second-order valence-corrected chi connectivity index (χ2v) is 6.73. The van der Waals surface area contributed by atoms with Crippen LogP contribution < -0.4 is 16.0 Å². The van der Waals surface area contributed by atoms with Gasteiger partial charge in [0.05, 0.1) is 12.1 Å². The highest BCUT2D eigenvalue weighted by Gasteiger charge is 2.15. The number of anilines is 1. The minimum atomic E-state index is -0.226. The third kappa shape index (κ3) is 5.34. The molecule has 0 fully saturated rings. The smallest absolute Gasteiger partial charge is 0.315 e. The molecule has 0 aromatic heterocycles. The number of hydrogen-bond donors (Lipinski definition) is 3. The fourth-order valence-corrected chi connectivity index (χ4v) is 2.91. The lowest BCUT2D eigenvalue weighted by atomic mass is 10.00. The molecule has 0 heterocycles. The molecule has 2 aromatic rings. The molecule has 0 radical (unpaired) electrons. The Hall–Kier alpha value is -2.82. The molecule has 0 aliphatic carbocycles. The Balaban J connectivity index is 2.00.